The van der Waals surface area contributed by atoms with Gasteiger partial charge in [-0.2, -0.15) is 0 Å². The molecule has 2 atom stereocenters. The highest BCUT2D eigenvalue weighted by Crippen LogP contribution is 2.43. The molecule has 0 saturated heterocycles. The molecule has 158 valence electrons. The fraction of sp³-hybridized carbons (Fsp3) is 0.250. The zero-order chi connectivity index (χ0) is 21.7. The Labute approximate surface area is 192 Å². The van der Waals surface area contributed by atoms with Gasteiger partial charge in [-0.1, -0.05) is 98.8 Å². The highest BCUT2D eigenvalue weighted by atomic mass is 14.3. The van der Waals surface area contributed by atoms with Gasteiger partial charge in [0.05, 0.1) is 0 Å². The summed E-state index contributed by atoms with van der Waals surface area (Å²) in [5.41, 5.74) is 15.0. The normalized spacial score (nSPS) is 14.9. The Hall–Kier alpha value is -3.12. The standard InChI is InChI=1S/C32H30/c1-21(25-13-7-15-29-27-11-5-3-9-23(27)19-31(25)29)17-18-22(2)26-14-8-16-30-28-12-6-4-10-24(28)20-32(26)30/h3-16,21-22H,17-20H2,1-2H3. The third-order valence-electron chi connectivity index (χ3n) is 7.87. The van der Waals surface area contributed by atoms with Gasteiger partial charge < -0.3 is 0 Å². The Morgan fingerprint density at radius 3 is 1.38 bits per heavy atom. The van der Waals surface area contributed by atoms with Crippen LogP contribution in [0.4, 0.5) is 0 Å². The number of hydrogen-bond donors (Lipinski definition) is 0. The lowest BCUT2D eigenvalue weighted by molar-refractivity contribution is 0.570. The zero-order valence-electron chi connectivity index (χ0n) is 19.1. The van der Waals surface area contributed by atoms with Gasteiger partial charge in [-0.15, -0.1) is 0 Å². The minimum absolute atomic E-state index is 0.579. The van der Waals surface area contributed by atoms with Crippen LogP contribution >= 0.6 is 0 Å². The Morgan fingerprint density at radius 1 is 0.500 bits per heavy atom. The molecule has 4 aromatic rings. The Bertz CT molecular complexity index is 1210. The summed E-state index contributed by atoms with van der Waals surface area (Å²) >= 11 is 0. The van der Waals surface area contributed by atoms with E-state index < -0.39 is 0 Å². The lowest BCUT2D eigenvalue weighted by Gasteiger charge is -2.20. The summed E-state index contributed by atoms with van der Waals surface area (Å²) in [5.74, 6) is 1.16. The summed E-state index contributed by atoms with van der Waals surface area (Å²) in [4.78, 5) is 0. The lowest BCUT2D eigenvalue weighted by Crippen LogP contribution is -2.04. The Kier molecular flexibility index (Phi) is 4.76. The summed E-state index contributed by atoms with van der Waals surface area (Å²) in [6, 6.07) is 31.7. The van der Waals surface area contributed by atoms with Gasteiger partial charge in [-0.3, -0.25) is 0 Å². The molecular formula is C32H30. The van der Waals surface area contributed by atoms with Gasteiger partial charge in [0.2, 0.25) is 0 Å². The van der Waals surface area contributed by atoms with E-state index in [1.807, 2.05) is 0 Å². The van der Waals surface area contributed by atoms with Crippen LogP contribution < -0.4 is 0 Å². The quantitative estimate of drug-likeness (QED) is 0.265. The van der Waals surface area contributed by atoms with Crippen LogP contribution in [0.5, 0.6) is 0 Å². The fourth-order valence-electron chi connectivity index (χ4n) is 6.10. The van der Waals surface area contributed by atoms with E-state index in [2.05, 4.69) is 98.8 Å². The zero-order valence-corrected chi connectivity index (χ0v) is 19.1. The molecule has 0 fully saturated rings. The van der Waals surface area contributed by atoms with Gasteiger partial charge in [-0.05, 0) is 93.2 Å². The molecule has 4 aromatic carbocycles. The van der Waals surface area contributed by atoms with Crippen LogP contribution in [0.3, 0.4) is 0 Å². The Balaban J connectivity index is 1.22. The van der Waals surface area contributed by atoms with Gasteiger partial charge in [0.25, 0.3) is 0 Å². The molecule has 32 heavy (non-hydrogen) atoms. The van der Waals surface area contributed by atoms with E-state index in [4.69, 9.17) is 0 Å². The van der Waals surface area contributed by atoms with Gasteiger partial charge in [0.15, 0.2) is 0 Å². The molecule has 0 heterocycles. The molecule has 0 nitrogen and oxygen atoms in total. The van der Waals surface area contributed by atoms with Gasteiger partial charge in [-0.25, -0.2) is 0 Å². The topological polar surface area (TPSA) is 0 Å². The second-order valence-corrected chi connectivity index (χ2v) is 9.79. The van der Waals surface area contributed by atoms with E-state index in [1.165, 1.54) is 46.2 Å². The highest BCUT2D eigenvalue weighted by Gasteiger charge is 2.25. The molecule has 0 aromatic heterocycles. The second-order valence-electron chi connectivity index (χ2n) is 9.79. The van der Waals surface area contributed by atoms with E-state index in [-0.39, 0.29) is 0 Å². The lowest BCUT2D eigenvalue weighted by atomic mass is 9.84. The molecule has 0 saturated carbocycles. The van der Waals surface area contributed by atoms with Crippen molar-refractivity contribution in [3.8, 4) is 22.3 Å². The van der Waals surface area contributed by atoms with Crippen LogP contribution in [0, 0.1) is 0 Å². The van der Waals surface area contributed by atoms with Crippen molar-refractivity contribution in [2.75, 3.05) is 0 Å². The van der Waals surface area contributed by atoms with E-state index in [9.17, 15) is 0 Å². The Morgan fingerprint density at radius 2 is 0.906 bits per heavy atom. The maximum Gasteiger partial charge on any atom is -0.00106 e. The van der Waals surface area contributed by atoms with Crippen molar-refractivity contribution in [2.24, 2.45) is 0 Å². The molecule has 2 unspecified atom stereocenters. The molecule has 0 radical (unpaired) electrons. The first-order valence-corrected chi connectivity index (χ1v) is 12.1. The van der Waals surface area contributed by atoms with Crippen LogP contribution in [0.15, 0.2) is 84.9 Å². The van der Waals surface area contributed by atoms with E-state index in [0.29, 0.717) is 11.8 Å². The molecular weight excluding hydrogens is 384 g/mol. The molecule has 0 heteroatoms. The first-order chi connectivity index (χ1) is 15.7. The van der Waals surface area contributed by atoms with Crippen LogP contribution in [-0.2, 0) is 12.8 Å². The summed E-state index contributed by atoms with van der Waals surface area (Å²) < 4.78 is 0. The van der Waals surface area contributed by atoms with E-state index >= 15 is 0 Å². The number of hydrogen-bond acceptors (Lipinski definition) is 0. The third kappa shape index (κ3) is 3.13. The molecule has 0 N–H and O–H groups in total. The van der Waals surface area contributed by atoms with Crippen LogP contribution in [0.25, 0.3) is 22.3 Å². The molecule has 0 amide bonds. The summed E-state index contributed by atoms with van der Waals surface area (Å²) in [6.07, 6.45) is 4.63. The average molecular weight is 415 g/mol. The summed E-state index contributed by atoms with van der Waals surface area (Å²) in [5, 5.41) is 0. The second kappa shape index (κ2) is 7.78. The number of fused-ring (bicyclic) bond motifs is 6. The van der Waals surface area contributed by atoms with Crippen molar-refractivity contribution in [3.63, 3.8) is 0 Å². The van der Waals surface area contributed by atoms with Crippen molar-refractivity contribution in [2.45, 2.75) is 51.4 Å². The highest BCUT2D eigenvalue weighted by molar-refractivity contribution is 5.79. The maximum absolute atomic E-state index is 2.43. The van der Waals surface area contributed by atoms with Gasteiger partial charge in [0.1, 0.15) is 0 Å². The van der Waals surface area contributed by atoms with Crippen molar-refractivity contribution in [3.05, 3.63) is 118 Å². The molecule has 2 aliphatic carbocycles. The van der Waals surface area contributed by atoms with E-state index in [0.717, 1.165) is 12.8 Å². The van der Waals surface area contributed by atoms with Crippen molar-refractivity contribution >= 4 is 0 Å². The first-order valence-electron chi connectivity index (χ1n) is 12.1. The first kappa shape index (κ1) is 19.6. The summed E-state index contributed by atoms with van der Waals surface area (Å²) in [7, 11) is 0. The molecule has 2 aliphatic rings. The van der Waals surface area contributed by atoms with Crippen LogP contribution in [0.2, 0.25) is 0 Å². The fourth-order valence-corrected chi connectivity index (χ4v) is 6.10. The molecule has 0 spiro atoms. The smallest absolute Gasteiger partial charge is 0.00106 e. The minimum Gasteiger partial charge on any atom is -0.0619 e. The van der Waals surface area contributed by atoms with Gasteiger partial charge >= 0.3 is 0 Å². The maximum atomic E-state index is 2.43. The van der Waals surface area contributed by atoms with Crippen molar-refractivity contribution in [1.29, 1.82) is 0 Å². The minimum atomic E-state index is 0.579. The van der Waals surface area contributed by atoms with Crippen LogP contribution in [-0.4, -0.2) is 0 Å². The predicted molar refractivity (Wildman–Crippen MR) is 135 cm³/mol. The largest absolute Gasteiger partial charge is 0.0619 e. The summed E-state index contributed by atoms with van der Waals surface area (Å²) in [6.45, 7) is 4.85. The molecule has 0 bridgehead atoms. The predicted octanol–water partition coefficient (Wildman–Crippen LogP) is 8.52. The van der Waals surface area contributed by atoms with Gasteiger partial charge in [0, 0.05) is 0 Å². The van der Waals surface area contributed by atoms with Crippen molar-refractivity contribution in [1.82, 2.24) is 0 Å². The average Bonchev–Trinajstić information content (AvgIpc) is 3.40. The SMILES string of the molecule is CC(CCC(C)c1cccc2c1Cc1ccccc1-2)c1cccc2c1Cc1ccccc1-2. The molecule has 6 rings (SSSR count). The van der Waals surface area contributed by atoms with E-state index in [1.54, 1.807) is 22.3 Å². The molecule has 0 aliphatic heterocycles. The van der Waals surface area contributed by atoms with Crippen molar-refractivity contribution < 1.29 is 0 Å². The third-order valence-corrected chi connectivity index (χ3v) is 7.87. The number of benzene rings is 4. The number of rotatable bonds is 5. The monoisotopic (exact) mass is 414 g/mol. The van der Waals surface area contributed by atoms with Crippen LogP contribution in [0.1, 0.15) is 71.9 Å².